The lowest BCUT2D eigenvalue weighted by atomic mass is 9.85. The fourth-order valence-electron chi connectivity index (χ4n) is 5.39. The van der Waals surface area contributed by atoms with E-state index in [1.807, 2.05) is 43.3 Å². The molecule has 7 nitrogen and oxygen atoms in total. The first-order valence-electron chi connectivity index (χ1n) is 12.5. The van der Waals surface area contributed by atoms with Crippen LogP contribution in [0.4, 0.5) is 0 Å². The molecule has 0 unspecified atom stereocenters. The largest absolute Gasteiger partial charge is 0.352 e. The van der Waals surface area contributed by atoms with Gasteiger partial charge in [0.05, 0.1) is 11.8 Å². The summed E-state index contributed by atoms with van der Waals surface area (Å²) in [7, 11) is 0. The minimum Gasteiger partial charge on any atom is -0.352 e. The number of likely N-dealkylation sites (tertiary alicyclic amines) is 1. The summed E-state index contributed by atoms with van der Waals surface area (Å²) in [5.41, 5.74) is 2.02. The van der Waals surface area contributed by atoms with Gasteiger partial charge in [0.2, 0.25) is 23.6 Å². The second kappa shape index (κ2) is 10.5. The molecule has 7 heteroatoms. The highest BCUT2D eigenvalue weighted by Crippen LogP contribution is 2.35. The zero-order valence-corrected chi connectivity index (χ0v) is 20.2. The van der Waals surface area contributed by atoms with E-state index < -0.39 is 6.04 Å². The van der Waals surface area contributed by atoms with Gasteiger partial charge >= 0.3 is 0 Å². The van der Waals surface area contributed by atoms with Crippen molar-refractivity contribution in [3.8, 4) is 0 Å². The normalized spacial score (nSPS) is 23.2. The summed E-state index contributed by atoms with van der Waals surface area (Å²) in [4.78, 5) is 54.9. The van der Waals surface area contributed by atoms with Crippen LogP contribution < -0.4 is 5.32 Å². The molecule has 34 heavy (non-hydrogen) atoms. The molecule has 1 heterocycles. The van der Waals surface area contributed by atoms with Crippen molar-refractivity contribution in [2.45, 2.75) is 77.4 Å². The predicted molar refractivity (Wildman–Crippen MR) is 128 cm³/mol. The summed E-state index contributed by atoms with van der Waals surface area (Å²) in [6.45, 7) is 4.11. The number of allylic oxidation sites excluding steroid dienone is 2. The van der Waals surface area contributed by atoms with E-state index in [0.29, 0.717) is 19.4 Å². The Bertz CT molecular complexity index is 956. The molecule has 1 saturated carbocycles. The van der Waals surface area contributed by atoms with Crippen LogP contribution in [-0.2, 0) is 25.7 Å². The highest BCUT2D eigenvalue weighted by atomic mass is 16.2. The predicted octanol–water partition coefficient (Wildman–Crippen LogP) is 3.11. The number of imide groups is 1. The maximum atomic E-state index is 13.4. The summed E-state index contributed by atoms with van der Waals surface area (Å²) in [5, 5.41) is 3.10. The monoisotopic (exact) mass is 465 g/mol. The number of nitrogens with zero attached hydrogens (tertiary/aromatic N) is 2. The van der Waals surface area contributed by atoms with Gasteiger partial charge in [0, 0.05) is 25.6 Å². The van der Waals surface area contributed by atoms with Crippen LogP contribution in [0.3, 0.4) is 0 Å². The quantitative estimate of drug-likeness (QED) is 0.472. The summed E-state index contributed by atoms with van der Waals surface area (Å²) >= 11 is 0. The Morgan fingerprint density at radius 1 is 1.06 bits per heavy atom. The van der Waals surface area contributed by atoms with E-state index in [1.54, 1.807) is 11.8 Å². The van der Waals surface area contributed by atoms with Crippen molar-refractivity contribution in [1.29, 1.82) is 0 Å². The lowest BCUT2D eigenvalue weighted by Crippen LogP contribution is -2.50. The van der Waals surface area contributed by atoms with E-state index in [9.17, 15) is 19.2 Å². The maximum absolute atomic E-state index is 13.4. The number of carbonyl (C=O) groups excluding carboxylic acids is 4. The number of rotatable bonds is 8. The molecule has 1 aromatic carbocycles. The fourth-order valence-corrected chi connectivity index (χ4v) is 5.39. The molecule has 0 aromatic heterocycles. The lowest BCUT2D eigenvalue weighted by Gasteiger charge is -2.30. The van der Waals surface area contributed by atoms with Gasteiger partial charge in [-0.3, -0.25) is 24.1 Å². The van der Waals surface area contributed by atoms with E-state index in [0.717, 1.165) is 36.8 Å². The zero-order chi connectivity index (χ0) is 24.2. The Hall–Kier alpha value is -2.96. The Balaban J connectivity index is 1.45. The third kappa shape index (κ3) is 5.08. The second-order valence-electron chi connectivity index (χ2n) is 9.85. The molecule has 3 aliphatic rings. The number of hydrogen-bond donors (Lipinski definition) is 1. The average molecular weight is 466 g/mol. The van der Waals surface area contributed by atoms with E-state index in [1.165, 1.54) is 4.90 Å². The first-order chi connectivity index (χ1) is 16.4. The Labute approximate surface area is 201 Å². The molecule has 1 aromatic rings. The Morgan fingerprint density at radius 3 is 2.29 bits per heavy atom. The van der Waals surface area contributed by atoms with Crippen molar-refractivity contribution in [3.05, 3.63) is 47.5 Å². The van der Waals surface area contributed by atoms with Crippen molar-refractivity contribution < 1.29 is 19.2 Å². The fraction of sp³-hybridized carbons (Fsp3) is 0.556. The number of hydrogen-bond acceptors (Lipinski definition) is 4. The number of fused-ring (bicyclic) bond motifs is 1. The van der Waals surface area contributed by atoms with Crippen LogP contribution in [0.15, 0.2) is 36.4 Å². The average Bonchev–Trinajstić information content (AvgIpc) is 3.43. The van der Waals surface area contributed by atoms with Crippen LogP contribution in [-0.4, -0.2) is 52.1 Å². The van der Waals surface area contributed by atoms with Gasteiger partial charge in [0.15, 0.2) is 0 Å². The van der Waals surface area contributed by atoms with Crippen molar-refractivity contribution in [2.24, 2.45) is 11.8 Å². The maximum Gasteiger partial charge on any atom is 0.242 e. The lowest BCUT2D eigenvalue weighted by molar-refractivity contribution is -0.144. The van der Waals surface area contributed by atoms with E-state index >= 15 is 0 Å². The third-order valence-electron chi connectivity index (χ3n) is 7.62. The molecular weight excluding hydrogens is 430 g/mol. The van der Waals surface area contributed by atoms with Gasteiger partial charge in [-0.25, -0.2) is 0 Å². The topological polar surface area (TPSA) is 86.8 Å². The van der Waals surface area contributed by atoms with Crippen molar-refractivity contribution >= 4 is 23.6 Å². The van der Waals surface area contributed by atoms with E-state index in [-0.39, 0.29) is 54.5 Å². The van der Waals surface area contributed by atoms with Gasteiger partial charge < -0.3 is 10.2 Å². The van der Waals surface area contributed by atoms with Crippen molar-refractivity contribution in [3.63, 3.8) is 0 Å². The molecule has 0 radical (unpaired) electrons. The minimum atomic E-state index is -0.649. The van der Waals surface area contributed by atoms with Crippen molar-refractivity contribution in [2.75, 3.05) is 6.54 Å². The first kappa shape index (κ1) is 24.2. The van der Waals surface area contributed by atoms with Gasteiger partial charge in [-0.1, -0.05) is 49.3 Å². The molecule has 1 saturated heterocycles. The highest BCUT2D eigenvalue weighted by molar-refractivity contribution is 6.05. The van der Waals surface area contributed by atoms with Gasteiger partial charge in [-0.2, -0.15) is 0 Å². The molecule has 1 aliphatic heterocycles. The highest BCUT2D eigenvalue weighted by Gasteiger charge is 2.47. The Morgan fingerprint density at radius 2 is 1.68 bits per heavy atom. The van der Waals surface area contributed by atoms with Crippen LogP contribution in [0.25, 0.3) is 0 Å². The molecule has 182 valence electrons. The number of benzene rings is 1. The molecule has 4 amide bonds. The molecule has 2 fully saturated rings. The number of nitrogens with one attached hydrogen (secondary N) is 1. The Kier molecular flexibility index (Phi) is 7.49. The summed E-state index contributed by atoms with van der Waals surface area (Å²) in [6.07, 6.45) is 9.25. The van der Waals surface area contributed by atoms with Gasteiger partial charge in [0.1, 0.15) is 6.04 Å². The summed E-state index contributed by atoms with van der Waals surface area (Å²) in [6, 6.07) is 7.33. The second-order valence-corrected chi connectivity index (χ2v) is 9.85. The number of carbonyl (C=O) groups is 4. The molecule has 1 N–H and O–H groups in total. The molecule has 3 atom stereocenters. The van der Waals surface area contributed by atoms with E-state index in [4.69, 9.17) is 0 Å². The summed E-state index contributed by atoms with van der Waals surface area (Å²) in [5.74, 6) is -1.34. The molecule has 0 bridgehead atoms. The smallest absolute Gasteiger partial charge is 0.242 e. The van der Waals surface area contributed by atoms with Crippen molar-refractivity contribution in [1.82, 2.24) is 15.1 Å². The molecule has 0 spiro atoms. The van der Waals surface area contributed by atoms with Crippen LogP contribution in [0.2, 0.25) is 0 Å². The zero-order valence-electron chi connectivity index (χ0n) is 20.2. The van der Waals surface area contributed by atoms with Crippen LogP contribution >= 0.6 is 0 Å². The van der Waals surface area contributed by atoms with Crippen LogP contribution in [0.1, 0.15) is 63.0 Å². The standard InChI is InChI=1S/C27H35N3O4/c1-18-9-3-4-10-20(18)17-30(19(2)25(32)28-21-11-5-6-12-21)24(31)15-16-29-26(33)22-13-7-8-14-23(22)27(29)34/h3-4,7-10,19,21-23H,5-6,11-17H2,1-2H3,(H,28,32)/t19-,22-,23+/m1/s1. The van der Waals surface area contributed by atoms with Gasteiger partial charge in [-0.05, 0) is 50.7 Å². The third-order valence-corrected chi connectivity index (χ3v) is 7.62. The first-order valence-corrected chi connectivity index (χ1v) is 12.5. The summed E-state index contributed by atoms with van der Waals surface area (Å²) < 4.78 is 0. The molecule has 2 aliphatic carbocycles. The SMILES string of the molecule is Cc1ccccc1CN(C(=O)CCN1C(=O)[C@H]2CC=CC[C@H]2C1=O)[C@H](C)C(=O)NC1CCCC1. The number of aryl methyl sites for hydroxylation is 1. The molecule has 4 rings (SSSR count). The van der Waals surface area contributed by atoms with Gasteiger partial charge in [0.25, 0.3) is 0 Å². The van der Waals surface area contributed by atoms with Gasteiger partial charge in [-0.15, -0.1) is 0 Å². The van der Waals surface area contributed by atoms with E-state index in [2.05, 4.69) is 5.32 Å². The van der Waals surface area contributed by atoms with Crippen LogP contribution in [0, 0.1) is 18.8 Å². The number of amides is 4. The molecular formula is C27H35N3O4. The minimum absolute atomic E-state index is 0.0112. The van der Waals surface area contributed by atoms with Crippen LogP contribution in [0.5, 0.6) is 0 Å².